The predicted molar refractivity (Wildman–Crippen MR) is 170 cm³/mol. The molecule has 2 aromatic carbocycles. The summed E-state index contributed by atoms with van der Waals surface area (Å²) in [6, 6.07) is 12.9. The fourth-order valence-electron chi connectivity index (χ4n) is 6.96. The number of piperidine rings is 2. The Labute approximate surface area is 269 Å². The number of nitrogens with one attached hydrogen (secondary N) is 1. The number of anilines is 1. The van der Waals surface area contributed by atoms with Gasteiger partial charge in [0, 0.05) is 70.0 Å². The number of fused-ring (bicyclic) bond motifs is 1. The number of hydrogen-bond acceptors (Lipinski definition) is 7. The van der Waals surface area contributed by atoms with Crippen molar-refractivity contribution in [3.05, 3.63) is 58.6 Å². The Bertz CT molecular complexity index is 1370. The van der Waals surface area contributed by atoms with Gasteiger partial charge in [-0.3, -0.25) is 9.69 Å². The van der Waals surface area contributed by atoms with Crippen LogP contribution in [0.4, 0.5) is 15.3 Å². The van der Waals surface area contributed by atoms with Crippen LogP contribution in [0.1, 0.15) is 36.8 Å². The standard InChI is InChI=1S/C33H42ClN5O6/c34-27-21-23(5-6-29(27)40)22-30(31(41)37-12-8-25(9-13-37)36-17-19-44-20-18-36)45-33(43)38-14-10-26(11-15-38)39-16-7-24-3-1-2-4-28(24)35-32(39)42/h1-6,21,25-26,30,40H,7-20,22H2,(H,35,42). The summed E-state index contributed by atoms with van der Waals surface area (Å²) < 4.78 is 11.5. The van der Waals surface area contributed by atoms with Crippen molar-refractivity contribution < 1.29 is 29.0 Å². The maximum Gasteiger partial charge on any atom is 0.410 e. The lowest BCUT2D eigenvalue weighted by atomic mass is 10.0. The molecule has 45 heavy (non-hydrogen) atoms. The first-order valence-corrected chi connectivity index (χ1v) is 16.4. The Morgan fingerprint density at radius 3 is 2.36 bits per heavy atom. The number of benzene rings is 2. The third kappa shape index (κ3) is 7.48. The van der Waals surface area contributed by atoms with Crippen molar-refractivity contribution in [1.29, 1.82) is 0 Å². The number of nitrogens with zero attached hydrogens (tertiary/aromatic N) is 4. The van der Waals surface area contributed by atoms with Crippen LogP contribution in [-0.2, 0) is 27.1 Å². The van der Waals surface area contributed by atoms with Crippen LogP contribution < -0.4 is 5.32 Å². The van der Waals surface area contributed by atoms with E-state index in [4.69, 9.17) is 21.1 Å². The molecule has 0 aliphatic carbocycles. The van der Waals surface area contributed by atoms with Gasteiger partial charge in [0.1, 0.15) is 5.75 Å². The first-order valence-electron chi connectivity index (χ1n) is 16.0. The molecule has 3 fully saturated rings. The number of ether oxygens (including phenoxy) is 2. The molecule has 0 radical (unpaired) electrons. The molecule has 11 nitrogen and oxygen atoms in total. The number of halogens is 1. The quantitative estimate of drug-likeness (QED) is 0.492. The highest BCUT2D eigenvalue weighted by Gasteiger charge is 2.36. The molecule has 1 atom stereocenters. The van der Waals surface area contributed by atoms with E-state index >= 15 is 0 Å². The summed E-state index contributed by atoms with van der Waals surface area (Å²) in [5.41, 5.74) is 2.66. The van der Waals surface area contributed by atoms with Crippen LogP contribution in [-0.4, -0.2) is 120 Å². The zero-order valence-electron chi connectivity index (χ0n) is 25.5. The average Bonchev–Trinajstić information content (AvgIpc) is 3.24. The number of urea groups is 1. The maximum atomic E-state index is 13.8. The second-order valence-corrected chi connectivity index (χ2v) is 12.7. The highest BCUT2D eigenvalue weighted by molar-refractivity contribution is 6.32. The van der Waals surface area contributed by atoms with E-state index in [0.29, 0.717) is 57.2 Å². The van der Waals surface area contributed by atoms with Gasteiger partial charge in [0.25, 0.3) is 5.91 Å². The van der Waals surface area contributed by atoms with Gasteiger partial charge in [0.15, 0.2) is 6.10 Å². The molecule has 4 aliphatic rings. The number of hydrogen-bond donors (Lipinski definition) is 2. The van der Waals surface area contributed by atoms with E-state index < -0.39 is 12.2 Å². The number of para-hydroxylation sites is 1. The lowest BCUT2D eigenvalue weighted by Gasteiger charge is -2.41. The second kappa shape index (κ2) is 14.3. The number of morpholine rings is 1. The first kappa shape index (κ1) is 31.4. The molecule has 6 rings (SSSR count). The monoisotopic (exact) mass is 639 g/mol. The predicted octanol–water partition coefficient (Wildman–Crippen LogP) is 3.97. The second-order valence-electron chi connectivity index (χ2n) is 12.3. The van der Waals surface area contributed by atoms with Crippen molar-refractivity contribution in [3.8, 4) is 5.75 Å². The van der Waals surface area contributed by atoms with Gasteiger partial charge in [0.05, 0.1) is 18.2 Å². The van der Waals surface area contributed by atoms with Gasteiger partial charge < -0.3 is 34.6 Å². The Morgan fingerprint density at radius 2 is 1.62 bits per heavy atom. The summed E-state index contributed by atoms with van der Waals surface area (Å²) in [6.07, 6.45) is 2.34. The fourth-order valence-corrected chi connectivity index (χ4v) is 7.17. The smallest absolute Gasteiger partial charge is 0.410 e. The number of aromatic hydroxyl groups is 1. The van der Waals surface area contributed by atoms with Crippen molar-refractivity contribution in [3.63, 3.8) is 0 Å². The van der Waals surface area contributed by atoms with Gasteiger partial charge in [0.2, 0.25) is 0 Å². The summed E-state index contributed by atoms with van der Waals surface area (Å²) in [5, 5.41) is 13.1. The summed E-state index contributed by atoms with van der Waals surface area (Å²) in [5.74, 6) is -0.265. The molecular weight excluding hydrogens is 598 g/mol. The van der Waals surface area contributed by atoms with Crippen molar-refractivity contribution >= 4 is 35.3 Å². The lowest BCUT2D eigenvalue weighted by Crippen LogP contribution is -2.53. The highest BCUT2D eigenvalue weighted by Crippen LogP contribution is 2.27. The largest absolute Gasteiger partial charge is 0.506 e. The number of rotatable bonds is 6. The first-order chi connectivity index (χ1) is 21.9. The zero-order chi connectivity index (χ0) is 31.3. The Balaban J connectivity index is 1.07. The van der Waals surface area contributed by atoms with Crippen molar-refractivity contribution in [2.75, 3.05) is 64.3 Å². The summed E-state index contributed by atoms with van der Waals surface area (Å²) in [6.45, 7) is 5.96. The van der Waals surface area contributed by atoms with Crippen molar-refractivity contribution in [1.82, 2.24) is 19.6 Å². The average molecular weight is 640 g/mol. The fraction of sp³-hybridized carbons (Fsp3) is 0.545. The SMILES string of the molecule is O=C(OC(Cc1ccc(O)c(Cl)c1)C(=O)N1CCC(N2CCOCC2)CC1)N1CCC(N2CCc3ccccc3NC2=O)CC1. The molecule has 0 aromatic heterocycles. The summed E-state index contributed by atoms with van der Waals surface area (Å²) >= 11 is 6.16. The van der Waals surface area contributed by atoms with Gasteiger partial charge in [-0.1, -0.05) is 35.9 Å². The minimum Gasteiger partial charge on any atom is -0.506 e. The normalized spacial score (nSPS) is 21.1. The van der Waals surface area contributed by atoms with E-state index in [0.717, 1.165) is 56.8 Å². The van der Waals surface area contributed by atoms with Crippen LogP contribution in [0.15, 0.2) is 42.5 Å². The number of carbonyl (C=O) groups excluding carboxylic acids is 3. The summed E-state index contributed by atoms with van der Waals surface area (Å²) in [4.78, 5) is 48.1. The molecule has 2 aromatic rings. The van der Waals surface area contributed by atoms with Crippen LogP contribution >= 0.6 is 11.6 Å². The number of phenols is 1. The van der Waals surface area contributed by atoms with Gasteiger partial charge in [-0.25, -0.2) is 9.59 Å². The molecule has 4 amide bonds. The van der Waals surface area contributed by atoms with Gasteiger partial charge in [-0.15, -0.1) is 0 Å². The molecular formula is C33H42ClN5O6. The molecule has 2 N–H and O–H groups in total. The molecule has 3 saturated heterocycles. The zero-order valence-corrected chi connectivity index (χ0v) is 26.3. The van der Waals surface area contributed by atoms with Crippen LogP contribution in [0.3, 0.4) is 0 Å². The minimum absolute atomic E-state index is 0.00712. The third-order valence-corrected chi connectivity index (χ3v) is 9.90. The molecule has 242 valence electrons. The van der Waals surface area contributed by atoms with Crippen LogP contribution in [0.5, 0.6) is 5.75 Å². The van der Waals surface area contributed by atoms with E-state index in [1.165, 1.54) is 6.07 Å². The van der Waals surface area contributed by atoms with Crippen LogP contribution in [0.25, 0.3) is 0 Å². The Hall–Kier alpha value is -3.54. The van der Waals surface area contributed by atoms with E-state index in [2.05, 4.69) is 10.2 Å². The lowest BCUT2D eigenvalue weighted by molar-refractivity contribution is -0.142. The van der Waals surface area contributed by atoms with Crippen molar-refractivity contribution in [2.45, 2.75) is 56.7 Å². The van der Waals surface area contributed by atoms with Crippen molar-refractivity contribution in [2.24, 2.45) is 0 Å². The topological polar surface area (TPSA) is 115 Å². The number of carbonyl (C=O) groups is 3. The molecule has 4 aliphatic heterocycles. The Kier molecular flexibility index (Phi) is 9.97. The van der Waals surface area contributed by atoms with Gasteiger partial charge in [-0.05, 0) is 61.4 Å². The summed E-state index contributed by atoms with van der Waals surface area (Å²) in [7, 11) is 0. The number of phenolic OH excluding ortho intramolecular Hbond substituents is 1. The number of amides is 4. The molecule has 0 saturated carbocycles. The molecule has 0 bridgehead atoms. The van der Waals surface area contributed by atoms with E-state index in [1.807, 2.05) is 29.2 Å². The van der Waals surface area contributed by atoms with E-state index in [9.17, 15) is 19.5 Å². The molecule has 12 heteroatoms. The van der Waals surface area contributed by atoms with Gasteiger partial charge >= 0.3 is 12.1 Å². The highest BCUT2D eigenvalue weighted by atomic mass is 35.5. The molecule has 4 heterocycles. The van der Waals surface area contributed by atoms with Crippen LogP contribution in [0, 0.1) is 0 Å². The van der Waals surface area contributed by atoms with E-state index in [-0.39, 0.29) is 35.2 Å². The molecule has 1 unspecified atom stereocenters. The maximum absolute atomic E-state index is 13.8. The molecule has 0 spiro atoms. The Morgan fingerprint density at radius 1 is 0.933 bits per heavy atom. The number of likely N-dealkylation sites (tertiary alicyclic amines) is 2. The minimum atomic E-state index is -1.02. The van der Waals surface area contributed by atoms with Gasteiger partial charge in [-0.2, -0.15) is 0 Å². The third-order valence-electron chi connectivity index (χ3n) is 9.60. The van der Waals surface area contributed by atoms with E-state index in [1.54, 1.807) is 21.9 Å². The van der Waals surface area contributed by atoms with Crippen LogP contribution in [0.2, 0.25) is 5.02 Å².